The molecule has 1 saturated heterocycles. The van der Waals surface area contributed by atoms with Gasteiger partial charge in [-0.15, -0.1) is 0 Å². The highest BCUT2D eigenvalue weighted by atomic mass is 16.2. The van der Waals surface area contributed by atoms with Gasteiger partial charge in [0.2, 0.25) is 5.91 Å². The molecule has 2 rings (SSSR count). The van der Waals surface area contributed by atoms with Gasteiger partial charge in [0.05, 0.1) is 0 Å². The highest BCUT2D eigenvalue weighted by molar-refractivity contribution is 5.76. The number of benzene rings is 1. The van der Waals surface area contributed by atoms with Gasteiger partial charge in [-0.1, -0.05) is 30.7 Å². The Balaban J connectivity index is 1.89. The summed E-state index contributed by atoms with van der Waals surface area (Å²) >= 11 is 0. The van der Waals surface area contributed by atoms with E-state index in [0.29, 0.717) is 18.2 Å². The van der Waals surface area contributed by atoms with Crippen LogP contribution in [0.3, 0.4) is 0 Å². The van der Waals surface area contributed by atoms with Crippen LogP contribution >= 0.6 is 0 Å². The second-order valence-electron chi connectivity index (χ2n) is 6.02. The van der Waals surface area contributed by atoms with Crippen LogP contribution in [0, 0.1) is 19.8 Å². The molecule has 0 radical (unpaired) electrons. The zero-order valence-electron chi connectivity index (χ0n) is 12.4. The van der Waals surface area contributed by atoms with Crippen LogP contribution in [-0.2, 0) is 11.2 Å². The van der Waals surface area contributed by atoms with Crippen molar-refractivity contribution in [3.05, 3.63) is 34.9 Å². The van der Waals surface area contributed by atoms with E-state index < -0.39 is 0 Å². The number of hydrogen-bond donors (Lipinski definition) is 0. The van der Waals surface area contributed by atoms with Gasteiger partial charge in [0.15, 0.2) is 0 Å². The van der Waals surface area contributed by atoms with Crippen molar-refractivity contribution in [1.82, 2.24) is 4.90 Å². The molecule has 1 aliphatic heterocycles. The van der Waals surface area contributed by atoms with Gasteiger partial charge in [0.25, 0.3) is 0 Å². The summed E-state index contributed by atoms with van der Waals surface area (Å²) in [6.45, 7) is 8.39. The number of carbonyl (C=O) groups excluding carboxylic acids is 1. The summed E-state index contributed by atoms with van der Waals surface area (Å²) in [5, 5.41) is 0. The summed E-state index contributed by atoms with van der Waals surface area (Å²) in [7, 11) is 0. The van der Waals surface area contributed by atoms with Crippen molar-refractivity contribution in [2.45, 2.75) is 46.5 Å². The molecule has 0 saturated carbocycles. The predicted molar refractivity (Wildman–Crippen MR) is 79.2 cm³/mol. The van der Waals surface area contributed by atoms with Crippen molar-refractivity contribution < 1.29 is 4.79 Å². The Bertz CT molecular complexity index is 453. The molecule has 1 aromatic carbocycles. The second kappa shape index (κ2) is 6.23. The Labute approximate surface area is 116 Å². The Kier molecular flexibility index (Phi) is 4.62. The first-order valence-corrected chi connectivity index (χ1v) is 7.40. The molecule has 1 atom stereocenters. The fourth-order valence-corrected chi connectivity index (χ4v) is 2.94. The predicted octanol–water partition coefficient (Wildman–Crippen LogP) is 3.49. The van der Waals surface area contributed by atoms with Crippen LogP contribution in [0.4, 0.5) is 0 Å². The number of amides is 1. The third kappa shape index (κ3) is 3.82. The van der Waals surface area contributed by atoms with E-state index in [1.165, 1.54) is 23.1 Å². The number of hydrogen-bond acceptors (Lipinski definition) is 1. The minimum atomic E-state index is 0.325. The van der Waals surface area contributed by atoms with Crippen molar-refractivity contribution in [3.8, 4) is 0 Å². The summed E-state index contributed by atoms with van der Waals surface area (Å²) in [5.41, 5.74) is 3.90. The monoisotopic (exact) mass is 259 g/mol. The van der Waals surface area contributed by atoms with E-state index in [0.717, 1.165) is 25.9 Å². The third-order valence-corrected chi connectivity index (χ3v) is 4.12. The van der Waals surface area contributed by atoms with Crippen molar-refractivity contribution >= 4 is 5.91 Å². The summed E-state index contributed by atoms with van der Waals surface area (Å²) in [4.78, 5) is 14.3. The molecule has 1 fully saturated rings. The lowest BCUT2D eigenvalue weighted by atomic mass is 9.98. The van der Waals surface area contributed by atoms with Gasteiger partial charge in [0, 0.05) is 19.5 Å². The van der Waals surface area contributed by atoms with Gasteiger partial charge < -0.3 is 4.90 Å². The number of rotatable bonds is 3. The molecule has 19 heavy (non-hydrogen) atoms. The maximum Gasteiger partial charge on any atom is 0.222 e. The molecule has 0 N–H and O–H groups in total. The van der Waals surface area contributed by atoms with E-state index >= 15 is 0 Å². The van der Waals surface area contributed by atoms with Crippen molar-refractivity contribution in [3.63, 3.8) is 0 Å². The lowest BCUT2D eigenvalue weighted by molar-refractivity contribution is -0.132. The number of aryl methyl sites for hydroxylation is 3. The van der Waals surface area contributed by atoms with Gasteiger partial charge in [-0.05, 0) is 50.2 Å². The largest absolute Gasteiger partial charge is 0.342 e. The summed E-state index contributed by atoms with van der Waals surface area (Å²) in [5.74, 6) is 0.991. The molecule has 0 aromatic heterocycles. The maximum absolute atomic E-state index is 12.2. The SMILES string of the molecule is Cc1ccc(CCC(=O)N2CCCC(C)C2)c(C)c1. The van der Waals surface area contributed by atoms with E-state index in [9.17, 15) is 4.79 Å². The Hall–Kier alpha value is -1.31. The van der Waals surface area contributed by atoms with Crippen LogP contribution in [0.25, 0.3) is 0 Å². The molecule has 1 heterocycles. The van der Waals surface area contributed by atoms with Crippen LogP contribution in [-0.4, -0.2) is 23.9 Å². The first-order chi connectivity index (χ1) is 9.06. The standard InChI is InChI=1S/C17H25NO/c1-13-6-7-16(15(3)11-13)8-9-17(19)18-10-4-5-14(2)12-18/h6-7,11,14H,4-5,8-10,12H2,1-3H3. The first kappa shape index (κ1) is 14.1. The molecule has 1 unspecified atom stereocenters. The molecular formula is C17H25NO. The molecule has 0 spiro atoms. The van der Waals surface area contributed by atoms with Crippen LogP contribution in [0.2, 0.25) is 0 Å². The van der Waals surface area contributed by atoms with Gasteiger partial charge in [-0.3, -0.25) is 4.79 Å². The fourth-order valence-electron chi connectivity index (χ4n) is 2.94. The summed E-state index contributed by atoms with van der Waals surface area (Å²) < 4.78 is 0. The van der Waals surface area contributed by atoms with Gasteiger partial charge in [-0.25, -0.2) is 0 Å². The number of likely N-dealkylation sites (tertiary alicyclic amines) is 1. The van der Waals surface area contributed by atoms with Crippen molar-refractivity contribution in [1.29, 1.82) is 0 Å². The average Bonchev–Trinajstić information content (AvgIpc) is 2.37. The minimum absolute atomic E-state index is 0.325. The Morgan fingerprint density at radius 1 is 1.37 bits per heavy atom. The highest BCUT2D eigenvalue weighted by Gasteiger charge is 2.20. The lowest BCUT2D eigenvalue weighted by Gasteiger charge is -2.31. The van der Waals surface area contributed by atoms with Gasteiger partial charge in [-0.2, -0.15) is 0 Å². The van der Waals surface area contributed by atoms with E-state index in [4.69, 9.17) is 0 Å². The fraction of sp³-hybridized carbons (Fsp3) is 0.588. The van der Waals surface area contributed by atoms with Gasteiger partial charge in [0.1, 0.15) is 0 Å². The smallest absolute Gasteiger partial charge is 0.222 e. The van der Waals surface area contributed by atoms with Crippen LogP contribution in [0.1, 0.15) is 42.9 Å². The van der Waals surface area contributed by atoms with Crippen molar-refractivity contribution in [2.75, 3.05) is 13.1 Å². The van der Waals surface area contributed by atoms with E-state index in [1.54, 1.807) is 0 Å². The molecular weight excluding hydrogens is 234 g/mol. The van der Waals surface area contributed by atoms with Crippen LogP contribution < -0.4 is 0 Å². The average molecular weight is 259 g/mol. The zero-order valence-corrected chi connectivity index (χ0v) is 12.4. The molecule has 1 amide bonds. The van der Waals surface area contributed by atoms with E-state index in [2.05, 4.69) is 43.9 Å². The Morgan fingerprint density at radius 3 is 2.84 bits per heavy atom. The lowest BCUT2D eigenvalue weighted by Crippen LogP contribution is -2.39. The highest BCUT2D eigenvalue weighted by Crippen LogP contribution is 2.18. The Morgan fingerprint density at radius 2 is 2.16 bits per heavy atom. The third-order valence-electron chi connectivity index (χ3n) is 4.12. The summed E-state index contributed by atoms with van der Waals surface area (Å²) in [6, 6.07) is 6.50. The number of carbonyl (C=O) groups is 1. The minimum Gasteiger partial charge on any atom is -0.342 e. The zero-order chi connectivity index (χ0) is 13.8. The van der Waals surface area contributed by atoms with E-state index in [-0.39, 0.29) is 0 Å². The molecule has 0 bridgehead atoms. The molecule has 1 aromatic rings. The number of piperidine rings is 1. The first-order valence-electron chi connectivity index (χ1n) is 7.40. The van der Waals surface area contributed by atoms with Gasteiger partial charge >= 0.3 is 0 Å². The van der Waals surface area contributed by atoms with E-state index in [1.807, 2.05) is 0 Å². The number of nitrogens with zero attached hydrogens (tertiary/aromatic N) is 1. The van der Waals surface area contributed by atoms with Crippen LogP contribution in [0.15, 0.2) is 18.2 Å². The molecule has 0 aliphatic carbocycles. The molecule has 2 nitrogen and oxygen atoms in total. The normalized spacial score (nSPS) is 19.5. The molecule has 1 aliphatic rings. The summed E-state index contributed by atoms with van der Waals surface area (Å²) in [6.07, 6.45) is 3.95. The van der Waals surface area contributed by atoms with Crippen LogP contribution in [0.5, 0.6) is 0 Å². The topological polar surface area (TPSA) is 20.3 Å². The quantitative estimate of drug-likeness (QED) is 0.813. The van der Waals surface area contributed by atoms with Crippen molar-refractivity contribution in [2.24, 2.45) is 5.92 Å². The second-order valence-corrected chi connectivity index (χ2v) is 6.02. The molecule has 104 valence electrons. The maximum atomic E-state index is 12.2. The molecule has 2 heteroatoms.